The van der Waals surface area contributed by atoms with Crippen LogP contribution in [-0.4, -0.2) is 41.8 Å². The van der Waals surface area contributed by atoms with Gasteiger partial charge in [0.05, 0.1) is 12.9 Å². The van der Waals surface area contributed by atoms with Gasteiger partial charge in [0.2, 0.25) is 0 Å². The Kier molecular flexibility index (Phi) is 6.38. The molecule has 0 spiro atoms. The number of H-pyrrole nitrogens is 1. The molecular formula is C12H21N3O3. The zero-order valence-electron chi connectivity index (χ0n) is 10.9. The van der Waals surface area contributed by atoms with Crippen LogP contribution in [0.4, 0.5) is 0 Å². The molecule has 1 rings (SSSR count). The zero-order chi connectivity index (χ0) is 13.4. The number of carbonyl (C=O) groups excluding carboxylic acids is 1. The molecule has 1 unspecified atom stereocenters. The van der Waals surface area contributed by atoms with Crippen molar-refractivity contribution in [2.24, 2.45) is 11.7 Å². The monoisotopic (exact) mass is 255 g/mol. The van der Waals surface area contributed by atoms with Crippen molar-refractivity contribution in [3.8, 4) is 0 Å². The van der Waals surface area contributed by atoms with Gasteiger partial charge in [0.25, 0.3) is 0 Å². The van der Waals surface area contributed by atoms with E-state index < -0.39 is 12.0 Å². The van der Waals surface area contributed by atoms with E-state index in [0.717, 1.165) is 5.69 Å². The highest BCUT2D eigenvalue weighted by atomic mass is 16.6. The fraction of sp³-hybridized carbons (Fsp3) is 0.667. The van der Waals surface area contributed by atoms with Crippen molar-refractivity contribution in [1.29, 1.82) is 0 Å². The van der Waals surface area contributed by atoms with E-state index in [1.807, 2.05) is 0 Å². The van der Waals surface area contributed by atoms with Crippen LogP contribution in [0, 0.1) is 5.92 Å². The lowest BCUT2D eigenvalue weighted by atomic mass is 10.2. The van der Waals surface area contributed by atoms with Crippen molar-refractivity contribution in [2.75, 3.05) is 19.8 Å². The Morgan fingerprint density at radius 3 is 2.89 bits per heavy atom. The topological polar surface area (TPSA) is 90.2 Å². The Morgan fingerprint density at radius 1 is 1.50 bits per heavy atom. The van der Waals surface area contributed by atoms with Gasteiger partial charge in [-0.15, -0.1) is 0 Å². The second-order valence-corrected chi connectivity index (χ2v) is 4.52. The Hall–Kier alpha value is -1.40. The number of esters is 1. The minimum atomic E-state index is -0.671. The lowest BCUT2D eigenvalue weighted by Gasteiger charge is -2.11. The van der Waals surface area contributed by atoms with Crippen LogP contribution in [0.1, 0.15) is 19.5 Å². The maximum absolute atomic E-state index is 11.5. The van der Waals surface area contributed by atoms with E-state index in [9.17, 15) is 4.79 Å². The standard InChI is InChI=1S/C12H21N3O3/c1-9(2)7-17-3-4-18-12(16)11(13)5-10-6-14-8-15-10/h6,8-9,11H,3-5,7,13H2,1-2H3,(H,14,15). The van der Waals surface area contributed by atoms with Crippen molar-refractivity contribution < 1.29 is 14.3 Å². The molecule has 6 heteroatoms. The molecule has 0 fully saturated rings. The van der Waals surface area contributed by atoms with Gasteiger partial charge in [0.15, 0.2) is 0 Å². The van der Waals surface area contributed by atoms with Crippen molar-refractivity contribution in [3.63, 3.8) is 0 Å². The van der Waals surface area contributed by atoms with Crippen LogP contribution in [0.2, 0.25) is 0 Å². The van der Waals surface area contributed by atoms with Gasteiger partial charge in [-0.1, -0.05) is 13.8 Å². The molecule has 0 saturated carbocycles. The fourth-order valence-electron chi connectivity index (χ4n) is 1.34. The Labute approximate surface area is 107 Å². The molecule has 0 aliphatic carbocycles. The average Bonchev–Trinajstić information content (AvgIpc) is 2.80. The SMILES string of the molecule is CC(C)COCCOC(=O)C(N)Cc1cnc[nH]1. The van der Waals surface area contributed by atoms with Gasteiger partial charge in [0, 0.05) is 24.9 Å². The molecule has 0 aliphatic heterocycles. The Balaban J connectivity index is 2.12. The molecule has 0 amide bonds. The van der Waals surface area contributed by atoms with E-state index in [1.165, 1.54) is 0 Å². The molecule has 1 atom stereocenters. The van der Waals surface area contributed by atoms with Gasteiger partial charge < -0.3 is 20.2 Å². The predicted octanol–water partition coefficient (Wildman–Crippen LogP) is 0.495. The van der Waals surface area contributed by atoms with Gasteiger partial charge in [0.1, 0.15) is 12.6 Å². The smallest absolute Gasteiger partial charge is 0.323 e. The third kappa shape index (κ3) is 5.79. The minimum absolute atomic E-state index is 0.238. The molecule has 1 aromatic heterocycles. The van der Waals surface area contributed by atoms with E-state index in [0.29, 0.717) is 25.6 Å². The summed E-state index contributed by atoms with van der Waals surface area (Å²) in [5.41, 5.74) is 6.52. The number of aromatic amines is 1. The number of nitrogens with two attached hydrogens (primary N) is 1. The van der Waals surface area contributed by atoms with Crippen molar-refractivity contribution >= 4 is 5.97 Å². The minimum Gasteiger partial charge on any atom is -0.462 e. The summed E-state index contributed by atoms with van der Waals surface area (Å²) >= 11 is 0. The van der Waals surface area contributed by atoms with Crippen molar-refractivity contribution in [2.45, 2.75) is 26.3 Å². The summed E-state index contributed by atoms with van der Waals surface area (Å²) in [5, 5.41) is 0. The predicted molar refractivity (Wildman–Crippen MR) is 66.9 cm³/mol. The van der Waals surface area contributed by atoms with Crippen molar-refractivity contribution in [1.82, 2.24) is 9.97 Å². The van der Waals surface area contributed by atoms with E-state index in [2.05, 4.69) is 23.8 Å². The van der Waals surface area contributed by atoms with Gasteiger partial charge >= 0.3 is 5.97 Å². The molecule has 0 radical (unpaired) electrons. The van der Waals surface area contributed by atoms with E-state index in [-0.39, 0.29) is 6.61 Å². The molecule has 0 bridgehead atoms. The number of imidazole rings is 1. The molecule has 6 nitrogen and oxygen atoms in total. The van der Waals surface area contributed by atoms with Gasteiger partial charge in [-0.25, -0.2) is 4.98 Å². The van der Waals surface area contributed by atoms with Gasteiger partial charge in [-0.05, 0) is 5.92 Å². The summed E-state index contributed by atoms with van der Waals surface area (Å²) in [6.07, 6.45) is 3.58. The van der Waals surface area contributed by atoms with E-state index in [1.54, 1.807) is 12.5 Å². The maximum Gasteiger partial charge on any atom is 0.323 e. The summed E-state index contributed by atoms with van der Waals surface area (Å²) in [4.78, 5) is 18.3. The Morgan fingerprint density at radius 2 is 2.28 bits per heavy atom. The highest BCUT2D eigenvalue weighted by molar-refractivity contribution is 5.75. The highest BCUT2D eigenvalue weighted by Crippen LogP contribution is 1.98. The second kappa shape index (κ2) is 7.84. The average molecular weight is 255 g/mol. The molecule has 18 heavy (non-hydrogen) atoms. The Bertz CT molecular complexity index is 338. The van der Waals surface area contributed by atoms with Crippen LogP contribution < -0.4 is 5.73 Å². The third-order valence-electron chi connectivity index (χ3n) is 2.22. The number of carbonyl (C=O) groups is 1. The number of ether oxygens (including phenoxy) is 2. The molecule has 0 saturated heterocycles. The molecule has 0 aromatic carbocycles. The van der Waals surface area contributed by atoms with Crippen molar-refractivity contribution in [3.05, 3.63) is 18.2 Å². The van der Waals surface area contributed by atoms with Crippen LogP contribution in [0.25, 0.3) is 0 Å². The first-order valence-electron chi connectivity index (χ1n) is 6.06. The lowest BCUT2D eigenvalue weighted by molar-refractivity contribution is -0.146. The number of nitrogens with zero attached hydrogens (tertiary/aromatic N) is 1. The fourth-order valence-corrected chi connectivity index (χ4v) is 1.34. The lowest BCUT2D eigenvalue weighted by Crippen LogP contribution is -2.35. The summed E-state index contributed by atoms with van der Waals surface area (Å²) in [6, 6.07) is -0.671. The number of nitrogens with one attached hydrogen (secondary N) is 1. The third-order valence-corrected chi connectivity index (χ3v) is 2.22. The maximum atomic E-state index is 11.5. The first kappa shape index (κ1) is 14.7. The summed E-state index contributed by atoms with van der Waals surface area (Å²) < 4.78 is 10.3. The number of rotatable bonds is 8. The first-order chi connectivity index (χ1) is 8.59. The number of hydrogen-bond donors (Lipinski definition) is 2. The zero-order valence-corrected chi connectivity index (χ0v) is 10.9. The molecule has 1 heterocycles. The second-order valence-electron chi connectivity index (χ2n) is 4.52. The summed E-state index contributed by atoms with van der Waals surface area (Å²) in [7, 11) is 0. The van der Waals surface area contributed by atoms with Crippen LogP contribution in [0.3, 0.4) is 0 Å². The molecule has 102 valence electrons. The van der Waals surface area contributed by atoms with Crippen LogP contribution >= 0.6 is 0 Å². The number of aromatic nitrogens is 2. The molecule has 3 N–H and O–H groups in total. The van der Waals surface area contributed by atoms with Crippen LogP contribution in [0.5, 0.6) is 0 Å². The van der Waals surface area contributed by atoms with E-state index in [4.69, 9.17) is 15.2 Å². The van der Waals surface area contributed by atoms with E-state index >= 15 is 0 Å². The van der Waals surface area contributed by atoms with Crippen LogP contribution in [0.15, 0.2) is 12.5 Å². The van der Waals surface area contributed by atoms with Crippen LogP contribution in [-0.2, 0) is 20.7 Å². The summed E-state index contributed by atoms with van der Waals surface area (Å²) in [5.74, 6) is 0.0566. The molecular weight excluding hydrogens is 234 g/mol. The normalized spacial score (nSPS) is 12.7. The first-order valence-corrected chi connectivity index (χ1v) is 6.06. The van der Waals surface area contributed by atoms with Gasteiger partial charge in [-0.3, -0.25) is 4.79 Å². The quantitative estimate of drug-likeness (QED) is 0.521. The van der Waals surface area contributed by atoms with Gasteiger partial charge in [-0.2, -0.15) is 0 Å². The molecule has 1 aromatic rings. The highest BCUT2D eigenvalue weighted by Gasteiger charge is 2.16. The molecule has 0 aliphatic rings. The largest absolute Gasteiger partial charge is 0.462 e. The number of hydrogen-bond acceptors (Lipinski definition) is 5. The summed E-state index contributed by atoms with van der Waals surface area (Å²) in [6.45, 7) is 5.43.